The van der Waals surface area contributed by atoms with E-state index in [0.717, 1.165) is 35.8 Å². The number of amides is 1. The van der Waals surface area contributed by atoms with E-state index < -0.39 is 0 Å². The molecular weight excluding hydrogens is 546 g/mol. The second-order valence-corrected chi connectivity index (χ2v) is 10.6. The van der Waals surface area contributed by atoms with Gasteiger partial charge in [-0.2, -0.15) is 0 Å². The molecule has 5 rings (SSSR count). The number of thioether (sulfide) groups is 1. The van der Waals surface area contributed by atoms with Crippen LogP contribution >= 0.6 is 23.4 Å². The maximum atomic E-state index is 12.5. The Hall–Kier alpha value is -3.82. The Labute approximate surface area is 243 Å². The third-order valence-electron chi connectivity index (χ3n) is 6.68. The van der Waals surface area contributed by atoms with Crippen LogP contribution in [0.1, 0.15) is 32.7 Å². The second kappa shape index (κ2) is 13.0. The van der Waals surface area contributed by atoms with E-state index in [4.69, 9.17) is 26.1 Å². The SMILES string of the molecule is COc1cc2c(cc1OC)CN(c1cc(Cl)nc(SCc3ccc(C(=O)NCCc4ccccn4)cc3)n1)CC2. The summed E-state index contributed by atoms with van der Waals surface area (Å²) in [5.41, 5.74) is 5.05. The van der Waals surface area contributed by atoms with E-state index in [1.807, 2.05) is 48.5 Å². The summed E-state index contributed by atoms with van der Waals surface area (Å²) in [5.74, 6) is 2.81. The monoisotopic (exact) mass is 575 g/mol. The summed E-state index contributed by atoms with van der Waals surface area (Å²) in [5, 5.41) is 3.96. The summed E-state index contributed by atoms with van der Waals surface area (Å²) < 4.78 is 10.9. The molecule has 1 aliphatic rings. The Morgan fingerprint density at radius 2 is 1.80 bits per heavy atom. The quantitative estimate of drug-likeness (QED) is 0.153. The number of aromatic nitrogens is 3. The van der Waals surface area contributed by atoms with Crippen molar-refractivity contribution in [1.29, 1.82) is 0 Å². The lowest BCUT2D eigenvalue weighted by atomic mass is 9.99. The van der Waals surface area contributed by atoms with E-state index >= 15 is 0 Å². The molecule has 0 spiro atoms. The van der Waals surface area contributed by atoms with Crippen LogP contribution in [0.2, 0.25) is 5.15 Å². The average Bonchev–Trinajstić information content (AvgIpc) is 2.99. The van der Waals surface area contributed by atoms with Crippen LogP contribution in [-0.2, 0) is 25.1 Å². The number of rotatable bonds is 10. The minimum atomic E-state index is -0.0999. The Morgan fingerprint density at radius 1 is 1.02 bits per heavy atom. The summed E-state index contributed by atoms with van der Waals surface area (Å²) in [6.45, 7) is 2.04. The molecule has 0 aliphatic carbocycles. The van der Waals surface area contributed by atoms with Crippen molar-refractivity contribution in [2.75, 3.05) is 32.2 Å². The highest BCUT2D eigenvalue weighted by Gasteiger charge is 2.21. The number of carbonyl (C=O) groups is 1. The number of benzene rings is 2. The molecule has 0 atom stereocenters. The predicted molar refractivity (Wildman–Crippen MR) is 158 cm³/mol. The summed E-state index contributed by atoms with van der Waals surface area (Å²) in [6.07, 6.45) is 3.31. The van der Waals surface area contributed by atoms with Gasteiger partial charge in [-0.3, -0.25) is 9.78 Å². The van der Waals surface area contributed by atoms with Gasteiger partial charge in [-0.1, -0.05) is 41.6 Å². The zero-order chi connectivity index (χ0) is 27.9. The molecule has 0 bridgehead atoms. The van der Waals surface area contributed by atoms with Crippen LogP contribution in [0.3, 0.4) is 0 Å². The van der Waals surface area contributed by atoms with Crippen molar-refractivity contribution in [3.63, 3.8) is 0 Å². The first-order valence-electron chi connectivity index (χ1n) is 13.0. The highest BCUT2D eigenvalue weighted by atomic mass is 35.5. The number of nitrogens with one attached hydrogen (secondary N) is 1. The van der Waals surface area contributed by atoms with Crippen molar-refractivity contribution >= 4 is 35.1 Å². The fourth-order valence-corrected chi connectivity index (χ4v) is 5.58. The topological polar surface area (TPSA) is 89.5 Å². The first-order valence-corrected chi connectivity index (χ1v) is 14.3. The first kappa shape index (κ1) is 27.7. The lowest BCUT2D eigenvalue weighted by Crippen LogP contribution is -2.31. The Bertz CT molecular complexity index is 1470. The van der Waals surface area contributed by atoms with Crippen LogP contribution in [0.5, 0.6) is 11.5 Å². The van der Waals surface area contributed by atoms with Crippen molar-refractivity contribution in [3.8, 4) is 11.5 Å². The molecule has 2 aromatic heterocycles. The zero-order valence-electron chi connectivity index (χ0n) is 22.4. The molecule has 10 heteroatoms. The van der Waals surface area contributed by atoms with Gasteiger partial charge >= 0.3 is 0 Å². The van der Waals surface area contributed by atoms with Crippen molar-refractivity contribution in [2.45, 2.75) is 30.3 Å². The molecule has 2 aromatic carbocycles. The lowest BCUT2D eigenvalue weighted by Gasteiger charge is -2.30. The maximum Gasteiger partial charge on any atom is 0.251 e. The number of nitrogens with zero attached hydrogens (tertiary/aromatic N) is 4. The summed E-state index contributed by atoms with van der Waals surface area (Å²) in [7, 11) is 3.30. The molecule has 0 saturated heterocycles. The smallest absolute Gasteiger partial charge is 0.251 e. The van der Waals surface area contributed by atoms with Gasteiger partial charge < -0.3 is 19.7 Å². The molecule has 3 heterocycles. The summed E-state index contributed by atoms with van der Waals surface area (Å²) in [4.78, 5) is 28.2. The van der Waals surface area contributed by atoms with Crippen molar-refractivity contribution in [3.05, 3.63) is 100.0 Å². The highest BCUT2D eigenvalue weighted by molar-refractivity contribution is 7.98. The first-order chi connectivity index (χ1) is 19.5. The minimum Gasteiger partial charge on any atom is -0.493 e. The normalized spacial score (nSPS) is 12.5. The molecule has 0 radical (unpaired) electrons. The van der Waals surface area contributed by atoms with Crippen LogP contribution in [-0.4, -0.2) is 48.2 Å². The number of halogens is 1. The number of pyridine rings is 1. The van der Waals surface area contributed by atoms with Gasteiger partial charge in [-0.05, 0) is 59.5 Å². The Kier molecular flexibility index (Phi) is 9.03. The van der Waals surface area contributed by atoms with Crippen molar-refractivity contribution in [2.24, 2.45) is 0 Å². The number of carbonyl (C=O) groups excluding carboxylic acids is 1. The van der Waals surface area contributed by atoms with Gasteiger partial charge in [-0.15, -0.1) is 0 Å². The molecule has 0 saturated carbocycles. The van der Waals surface area contributed by atoms with E-state index in [2.05, 4.69) is 26.3 Å². The van der Waals surface area contributed by atoms with E-state index in [1.165, 1.54) is 22.9 Å². The molecule has 0 fully saturated rings. The van der Waals surface area contributed by atoms with Gasteiger partial charge in [0.15, 0.2) is 16.7 Å². The average molecular weight is 576 g/mol. The molecule has 0 unspecified atom stereocenters. The predicted octanol–water partition coefficient (Wildman–Crippen LogP) is 5.37. The number of anilines is 1. The third kappa shape index (κ3) is 6.84. The van der Waals surface area contributed by atoms with Gasteiger partial charge in [0.1, 0.15) is 11.0 Å². The van der Waals surface area contributed by atoms with E-state index in [0.29, 0.717) is 46.9 Å². The molecule has 8 nitrogen and oxygen atoms in total. The van der Waals surface area contributed by atoms with E-state index in [-0.39, 0.29) is 5.91 Å². The second-order valence-electron chi connectivity index (χ2n) is 9.29. The van der Waals surface area contributed by atoms with Crippen LogP contribution in [0.25, 0.3) is 0 Å². The lowest BCUT2D eigenvalue weighted by molar-refractivity contribution is 0.0954. The molecule has 1 N–H and O–H groups in total. The summed E-state index contributed by atoms with van der Waals surface area (Å²) >= 11 is 7.91. The van der Waals surface area contributed by atoms with Crippen LogP contribution in [0, 0.1) is 0 Å². The van der Waals surface area contributed by atoms with Gasteiger partial charge in [0, 0.05) is 55.3 Å². The standard InChI is InChI=1S/C30H30ClN5O3S/c1-38-25-15-22-11-14-36(18-23(22)16-26(25)39-2)28-17-27(31)34-30(35-28)40-19-20-6-8-21(9-7-20)29(37)33-13-10-24-5-3-4-12-32-24/h3-9,12,15-17H,10-11,13-14,18-19H2,1-2H3,(H,33,37). The molecule has 1 amide bonds. The Morgan fingerprint density at radius 3 is 2.52 bits per heavy atom. The number of hydrogen-bond donors (Lipinski definition) is 1. The highest BCUT2D eigenvalue weighted by Crippen LogP contribution is 2.35. The molecule has 1 aliphatic heterocycles. The largest absolute Gasteiger partial charge is 0.493 e. The number of ether oxygens (including phenoxy) is 2. The minimum absolute atomic E-state index is 0.0999. The van der Waals surface area contributed by atoms with E-state index in [9.17, 15) is 4.79 Å². The maximum absolute atomic E-state index is 12.5. The van der Waals surface area contributed by atoms with Crippen LogP contribution in [0.4, 0.5) is 5.82 Å². The Balaban J connectivity index is 1.18. The third-order valence-corrected chi connectivity index (χ3v) is 7.79. The molecular formula is C30H30ClN5O3S. The van der Waals surface area contributed by atoms with E-state index in [1.54, 1.807) is 26.5 Å². The van der Waals surface area contributed by atoms with Gasteiger partial charge in [0.05, 0.1) is 14.2 Å². The van der Waals surface area contributed by atoms with Crippen molar-refractivity contribution in [1.82, 2.24) is 20.3 Å². The van der Waals surface area contributed by atoms with Gasteiger partial charge in [0.25, 0.3) is 5.91 Å². The fourth-order valence-electron chi connectivity index (χ4n) is 4.54. The van der Waals surface area contributed by atoms with Crippen LogP contribution < -0.4 is 19.7 Å². The molecule has 40 heavy (non-hydrogen) atoms. The van der Waals surface area contributed by atoms with Crippen molar-refractivity contribution < 1.29 is 14.3 Å². The fraction of sp³-hybridized carbons (Fsp3) is 0.267. The summed E-state index contributed by atoms with van der Waals surface area (Å²) in [6, 6.07) is 19.2. The number of fused-ring (bicyclic) bond motifs is 1. The van der Waals surface area contributed by atoms with Gasteiger partial charge in [0.2, 0.25) is 0 Å². The number of methoxy groups -OCH3 is 2. The molecule has 206 valence electrons. The molecule has 4 aromatic rings. The van der Waals surface area contributed by atoms with Gasteiger partial charge in [-0.25, -0.2) is 9.97 Å². The number of hydrogen-bond acceptors (Lipinski definition) is 8. The zero-order valence-corrected chi connectivity index (χ0v) is 24.0. The van der Waals surface area contributed by atoms with Crippen LogP contribution in [0.15, 0.2) is 72.0 Å².